The molecule has 1 amide bonds. The maximum atomic E-state index is 12.4. The van der Waals surface area contributed by atoms with Gasteiger partial charge in [0, 0.05) is 50.3 Å². The third-order valence-electron chi connectivity index (χ3n) is 6.22. The number of amides is 1. The van der Waals surface area contributed by atoms with E-state index < -0.39 is 5.60 Å². The number of carbonyl (C=O) groups excluding carboxylic acids is 1. The zero-order valence-corrected chi connectivity index (χ0v) is 20.7. The molecular weight excluding hydrogens is 450 g/mol. The van der Waals surface area contributed by atoms with E-state index in [0.717, 1.165) is 42.0 Å². The SMILES string of the molecule is CC(C)(C)OC(=O)N1CCC(c2nccnc2O[C@H]2C[C@@H](Nc3nc4ccccc4s3)C2)CC1. The average Bonchev–Trinajstić information content (AvgIpc) is 3.19. The second-order valence-corrected chi connectivity index (χ2v) is 11.1. The number of nitrogens with one attached hydrogen (secondary N) is 1. The van der Waals surface area contributed by atoms with Gasteiger partial charge in [-0.05, 0) is 45.7 Å². The molecule has 9 heteroatoms. The number of aromatic nitrogens is 3. The van der Waals surface area contributed by atoms with Crippen LogP contribution in [-0.4, -0.2) is 56.8 Å². The topological polar surface area (TPSA) is 89.5 Å². The number of carbonyl (C=O) groups is 1. The Labute approximate surface area is 203 Å². The van der Waals surface area contributed by atoms with Gasteiger partial charge in [-0.1, -0.05) is 23.5 Å². The van der Waals surface area contributed by atoms with E-state index >= 15 is 0 Å². The fraction of sp³-hybridized carbons (Fsp3) is 0.520. The molecule has 180 valence electrons. The summed E-state index contributed by atoms with van der Waals surface area (Å²) in [5.74, 6) is 0.848. The molecule has 1 saturated carbocycles. The number of rotatable bonds is 5. The minimum Gasteiger partial charge on any atom is -0.473 e. The molecule has 0 unspecified atom stereocenters. The van der Waals surface area contributed by atoms with Gasteiger partial charge in [-0.15, -0.1) is 0 Å². The molecule has 1 saturated heterocycles. The first-order chi connectivity index (χ1) is 16.3. The van der Waals surface area contributed by atoms with Gasteiger partial charge in [0.15, 0.2) is 5.13 Å². The number of ether oxygens (including phenoxy) is 2. The predicted molar refractivity (Wildman–Crippen MR) is 132 cm³/mol. The molecule has 0 bridgehead atoms. The standard InChI is InChI=1S/C25H31N5O3S/c1-25(2,3)33-24(31)30-12-8-16(9-13-30)21-22(27-11-10-26-21)32-18-14-17(15-18)28-23-29-19-6-4-5-7-20(19)34-23/h4-7,10-11,16-18H,8-9,12-15H2,1-3H3,(H,28,29)/t17-,18+. The molecule has 0 atom stereocenters. The second-order valence-electron chi connectivity index (χ2n) is 10.0. The van der Waals surface area contributed by atoms with Crippen LogP contribution in [0, 0.1) is 0 Å². The Morgan fingerprint density at radius 2 is 1.85 bits per heavy atom. The Hall–Kier alpha value is -2.94. The molecule has 2 fully saturated rings. The third-order valence-corrected chi connectivity index (χ3v) is 7.19. The fourth-order valence-corrected chi connectivity index (χ4v) is 5.36. The number of thiazole rings is 1. The first kappa shape index (κ1) is 22.8. The Morgan fingerprint density at radius 1 is 1.12 bits per heavy atom. The monoisotopic (exact) mass is 481 g/mol. The average molecular weight is 482 g/mol. The van der Waals surface area contributed by atoms with Crippen molar-refractivity contribution in [2.75, 3.05) is 18.4 Å². The molecule has 5 rings (SSSR count). The predicted octanol–water partition coefficient (Wildman–Crippen LogP) is 5.22. The molecule has 34 heavy (non-hydrogen) atoms. The van der Waals surface area contributed by atoms with Gasteiger partial charge in [-0.2, -0.15) is 0 Å². The summed E-state index contributed by atoms with van der Waals surface area (Å²) in [6, 6.07) is 8.54. The zero-order chi connectivity index (χ0) is 23.7. The van der Waals surface area contributed by atoms with Crippen LogP contribution in [0.2, 0.25) is 0 Å². The number of hydrogen-bond acceptors (Lipinski definition) is 8. The maximum absolute atomic E-state index is 12.4. The Bertz CT molecular complexity index is 1110. The van der Waals surface area contributed by atoms with Gasteiger partial charge in [0.25, 0.3) is 0 Å². The summed E-state index contributed by atoms with van der Waals surface area (Å²) in [6.07, 6.45) is 6.73. The quantitative estimate of drug-likeness (QED) is 0.534. The number of piperidine rings is 1. The highest BCUT2D eigenvalue weighted by molar-refractivity contribution is 7.22. The molecule has 1 aliphatic carbocycles. The van der Waals surface area contributed by atoms with E-state index in [-0.39, 0.29) is 18.1 Å². The van der Waals surface area contributed by atoms with E-state index in [4.69, 9.17) is 9.47 Å². The van der Waals surface area contributed by atoms with Gasteiger partial charge in [-0.3, -0.25) is 4.98 Å². The van der Waals surface area contributed by atoms with E-state index in [1.807, 2.05) is 39.0 Å². The number of fused-ring (bicyclic) bond motifs is 1. The summed E-state index contributed by atoms with van der Waals surface area (Å²) in [5, 5.41) is 4.49. The molecule has 2 aromatic heterocycles. The fourth-order valence-electron chi connectivity index (χ4n) is 4.41. The van der Waals surface area contributed by atoms with Crippen LogP contribution in [0.4, 0.5) is 9.93 Å². The van der Waals surface area contributed by atoms with Gasteiger partial charge in [0.05, 0.1) is 10.2 Å². The van der Waals surface area contributed by atoms with Crippen LogP contribution in [0.15, 0.2) is 36.7 Å². The summed E-state index contributed by atoms with van der Waals surface area (Å²) in [5.41, 5.74) is 1.44. The summed E-state index contributed by atoms with van der Waals surface area (Å²) < 4.78 is 13.0. The van der Waals surface area contributed by atoms with Crippen molar-refractivity contribution in [3.05, 3.63) is 42.4 Å². The number of nitrogens with zero attached hydrogens (tertiary/aromatic N) is 4. The molecule has 1 aliphatic heterocycles. The second kappa shape index (κ2) is 9.37. The van der Waals surface area contributed by atoms with E-state index in [1.165, 1.54) is 4.70 Å². The molecule has 3 aromatic rings. The van der Waals surface area contributed by atoms with Gasteiger partial charge in [0.2, 0.25) is 5.88 Å². The number of benzene rings is 1. The molecule has 1 aromatic carbocycles. The van der Waals surface area contributed by atoms with E-state index in [2.05, 4.69) is 26.3 Å². The smallest absolute Gasteiger partial charge is 0.410 e. The highest BCUT2D eigenvalue weighted by Crippen LogP contribution is 2.36. The summed E-state index contributed by atoms with van der Waals surface area (Å²) in [4.78, 5) is 27.9. The first-order valence-electron chi connectivity index (χ1n) is 11.9. The minimum atomic E-state index is -0.484. The minimum absolute atomic E-state index is 0.115. The van der Waals surface area contributed by atoms with Crippen molar-refractivity contribution in [1.82, 2.24) is 19.9 Å². The van der Waals surface area contributed by atoms with Gasteiger partial charge in [0.1, 0.15) is 17.4 Å². The summed E-state index contributed by atoms with van der Waals surface area (Å²) in [6.45, 7) is 6.96. The van der Waals surface area contributed by atoms with Crippen LogP contribution in [0.3, 0.4) is 0 Å². The molecule has 8 nitrogen and oxygen atoms in total. The van der Waals surface area contributed by atoms with Crippen molar-refractivity contribution in [1.29, 1.82) is 0 Å². The lowest BCUT2D eigenvalue weighted by Gasteiger charge is -2.36. The molecule has 0 radical (unpaired) electrons. The molecule has 1 N–H and O–H groups in total. The van der Waals surface area contributed by atoms with Crippen LogP contribution in [0.5, 0.6) is 5.88 Å². The highest BCUT2D eigenvalue weighted by Gasteiger charge is 2.34. The highest BCUT2D eigenvalue weighted by atomic mass is 32.1. The maximum Gasteiger partial charge on any atom is 0.410 e. The summed E-state index contributed by atoms with van der Waals surface area (Å²) in [7, 11) is 0. The van der Waals surface area contributed by atoms with Crippen molar-refractivity contribution in [3.8, 4) is 5.88 Å². The zero-order valence-electron chi connectivity index (χ0n) is 19.9. The van der Waals surface area contributed by atoms with Crippen molar-refractivity contribution >= 4 is 32.8 Å². The van der Waals surface area contributed by atoms with E-state index in [1.54, 1.807) is 28.6 Å². The third kappa shape index (κ3) is 5.24. The number of anilines is 1. The molecule has 2 aliphatic rings. The lowest BCUT2D eigenvalue weighted by Crippen LogP contribution is -2.43. The summed E-state index contributed by atoms with van der Waals surface area (Å²) >= 11 is 1.68. The van der Waals surface area contributed by atoms with Crippen molar-refractivity contribution < 1.29 is 14.3 Å². The van der Waals surface area contributed by atoms with Crippen molar-refractivity contribution in [2.24, 2.45) is 0 Å². The Balaban J connectivity index is 1.14. The number of likely N-dealkylation sites (tertiary alicyclic amines) is 1. The molecule has 3 heterocycles. The lowest BCUT2D eigenvalue weighted by molar-refractivity contribution is 0.0202. The normalized spacial score (nSPS) is 21.2. The van der Waals surface area contributed by atoms with E-state index in [9.17, 15) is 4.79 Å². The number of hydrogen-bond donors (Lipinski definition) is 1. The van der Waals surface area contributed by atoms with Gasteiger partial charge in [-0.25, -0.2) is 14.8 Å². The largest absolute Gasteiger partial charge is 0.473 e. The van der Waals surface area contributed by atoms with Crippen LogP contribution >= 0.6 is 11.3 Å². The Kier molecular flexibility index (Phi) is 6.29. The van der Waals surface area contributed by atoms with Gasteiger partial charge >= 0.3 is 6.09 Å². The molecular formula is C25H31N5O3S. The van der Waals surface area contributed by atoms with E-state index in [0.29, 0.717) is 25.0 Å². The molecule has 0 spiro atoms. The number of para-hydroxylation sites is 1. The van der Waals surface area contributed by atoms with Crippen LogP contribution in [0.25, 0.3) is 10.2 Å². The van der Waals surface area contributed by atoms with Crippen LogP contribution < -0.4 is 10.1 Å². The lowest BCUT2D eigenvalue weighted by atomic mass is 9.89. The van der Waals surface area contributed by atoms with Crippen LogP contribution in [-0.2, 0) is 4.74 Å². The first-order valence-corrected chi connectivity index (χ1v) is 12.7. The van der Waals surface area contributed by atoms with Crippen LogP contribution in [0.1, 0.15) is 58.1 Å². The Morgan fingerprint density at radius 3 is 2.59 bits per heavy atom. The van der Waals surface area contributed by atoms with Gasteiger partial charge < -0.3 is 19.7 Å². The van der Waals surface area contributed by atoms with Crippen molar-refractivity contribution in [2.45, 2.75) is 70.1 Å². The van der Waals surface area contributed by atoms with Crippen molar-refractivity contribution in [3.63, 3.8) is 0 Å².